The first-order chi connectivity index (χ1) is 14.5. The number of quaternary nitrogens is 2. The minimum atomic E-state index is -0.469. The number of nitrogens with one attached hydrogen (secondary N) is 2. The van der Waals surface area contributed by atoms with E-state index in [4.69, 9.17) is 4.74 Å². The second-order valence-corrected chi connectivity index (χ2v) is 11.2. The Morgan fingerprint density at radius 2 is 1.87 bits per heavy atom. The maximum absolute atomic E-state index is 12.9. The molecule has 3 heterocycles. The number of fused-ring (bicyclic) bond motifs is 2. The number of piperidine rings is 2. The average Bonchev–Trinajstić information content (AvgIpc) is 3.07. The Balaban J connectivity index is 1.25. The molecule has 0 aromatic carbocycles. The molecule has 0 amide bonds. The van der Waals surface area contributed by atoms with Gasteiger partial charge in [0.2, 0.25) is 0 Å². The third-order valence-electron chi connectivity index (χ3n) is 9.84. The molecule has 0 aromatic heterocycles. The highest BCUT2D eigenvalue weighted by Gasteiger charge is 2.60. The van der Waals surface area contributed by atoms with Gasteiger partial charge in [0.15, 0.2) is 0 Å². The van der Waals surface area contributed by atoms with Gasteiger partial charge in [-0.15, -0.1) is 0 Å². The summed E-state index contributed by atoms with van der Waals surface area (Å²) in [6.45, 7) is 10.4. The Bertz CT molecular complexity index is 680. The highest BCUT2D eigenvalue weighted by molar-refractivity contribution is 5.76. The number of rotatable bonds is 3. The summed E-state index contributed by atoms with van der Waals surface area (Å²) in [7, 11) is 0. The van der Waals surface area contributed by atoms with Crippen LogP contribution in [0.3, 0.4) is 0 Å². The SMILES string of the molecule is C[C@@H]1CCC=C2C[C@H]3OC(=O)[C@@H](C[NH+]4CCC([NH+]5CCCCC5)CC4)[C@H]3[C@H](O)[C@@]21C. The maximum atomic E-state index is 12.9. The van der Waals surface area contributed by atoms with Crippen molar-refractivity contribution in [3.63, 3.8) is 0 Å². The van der Waals surface area contributed by atoms with Crippen molar-refractivity contribution in [1.82, 2.24) is 0 Å². The van der Waals surface area contributed by atoms with Gasteiger partial charge in [-0.1, -0.05) is 25.5 Å². The van der Waals surface area contributed by atoms with Crippen LogP contribution in [0.1, 0.15) is 65.2 Å². The zero-order chi connectivity index (χ0) is 20.9. The topological polar surface area (TPSA) is 55.4 Å². The normalized spacial score (nSPS) is 47.2. The molecular formula is C25H42N2O3+2. The average molecular weight is 419 g/mol. The number of allylic oxidation sites excluding steroid dienone is 1. The van der Waals surface area contributed by atoms with Crippen molar-refractivity contribution in [2.75, 3.05) is 32.7 Å². The Hall–Kier alpha value is -0.910. The van der Waals surface area contributed by atoms with Gasteiger partial charge >= 0.3 is 5.97 Å². The lowest BCUT2D eigenvalue weighted by Gasteiger charge is -2.51. The van der Waals surface area contributed by atoms with Crippen LogP contribution < -0.4 is 9.80 Å². The van der Waals surface area contributed by atoms with E-state index < -0.39 is 6.10 Å². The number of hydrogen-bond acceptors (Lipinski definition) is 3. The van der Waals surface area contributed by atoms with E-state index in [-0.39, 0.29) is 29.3 Å². The molecule has 3 saturated heterocycles. The Morgan fingerprint density at radius 3 is 2.60 bits per heavy atom. The van der Waals surface area contributed by atoms with Gasteiger partial charge < -0.3 is 19.6 Å². The monoisotopic (exact) mass is 418 g/mol. The largest absolute Gasteiger partial charge is 0.461 e. The molecule has 2 aliphatic carbocycles. The summed E-state index contributed by atoms with van der Waals surface area (Å²) in [6.07, 6.45) is 11.6. The molecule has 5 aliphatic rings. The zero-order valence-corrected chi connectivity index (χ0v) is 19.0. The second-order valence-electron chi connectivity index (χ2n) is 11.2. The summed E-state index contributed by atoms with van der Waals surface area (Å²) >= 11 is 0. The minimum absolute atomic E-state index is 0.0295. The molecule has 1 saturated carbocycles. The maximum Gasteiger partial charge on any atom is 0.315 e. The first-order valence-corrected chi connectivity index (χ1v) is 12.7. The van der Waals surface area contributed by atoms with E-state index in [2.05, 4.69) is 19.9 Å². The van der Waals surface area contributed by atoms with Crippen LogP contribution >= 0.6 is 0 Å². The third kappa shape index (κ3) is 3.45. The Kier molecular flexibility index (Phi) is 5.74. The molecule has 5 rings (SSSR count). The van der Waals surface area contributed by atoms with Crippen molar-refractivity contribution >= 4 is 5.97 Å². The van der Waals surface area contributed by atoms with Gasteiger partial charge in [-0.3, -0.25) is 4.79 Å². The molecule has 6 atom stereocenters. The first-order valence-electron chi connectivity index (χ1n) is 12.7. The molecule has 168 valence electrons. The third-order valence-corrected chi connectivity index (χ3v) is 9.84. The van der Waals surface area contributed by atoms with Crippen molar-refractivity contribution in [3.8, 4) is 0 Å². The van der Waals surface area contributed by atoms with Gasteiger partial charge in [-0.2, -0.15) is 0 Å². The highest BCUT2D eigenvalue weighted by Crippen LogP contribution is 2.55. The van der Waals surface area contributed by atoms with Gasteiger partial charge in [0, 0.05) is 30.6 Å². The van der Waals surface area contributed by atoms with Gasteiger partial charge in [0.05, 0.1) is 44.9 Å². The molecule has 4 fully saturated rings. The van der Waals surface area contributed by atoms with Crippen LogP contribution in [0.5, 0.6) is 0 Å². The predicted octanol–water partition coefficient (Wildman–Crippen LogP) is 0.388. The molecule has 3 aliphatic heterocycles. The lowest BCUT2D eigenvalue weighted by Crippen LogP contribution is -3.21. The number of ether oxygens (including phenoxy) is 1. The van der Waals surface area contributed by atoms with Crippen LogP contribution in [0.2, 0.25) is 0 Å². The van der Waals surface area contributed by atoms with Gasteiger partial charge in [-0.25, -0.2) is 0 Å². The molecule has 0 aromatic rings. The molecule has 0 bridgehead atoms. The Morgan fingerprint density at radius 1 is 1.13 bits per heavy atom. The molecule has 5 heteroatoms. The quantitative estimate of drug-likeness (QED) is 0.459. The predicted molar refractivity (Wildman–Crippen MR) is 115 cm³/mol. The van der Waals surface area contributed by atoms with E-state index >= 15 is 0 Å². The Labute approximate surface area is 181 Å². The molecule has 0 spiro atoms. The van der Waals surface area contributed by atoms with Crippen molar-refractivity contribution in [2.24, 2.45) is 23.2 Å². The number of aliphatic hydroxyl groups excluding tert-OH is 1. The van der Waals surface area contributed by atoms with Gasteiger partial charge in [-0.05, 0) is 38.0 Å². The number of carbonyl (C=O) groups is 1. The number of carbonyl (C=O) groups excluding carboxylic acids is 1. The van der Waals surface area contributed by atoms with Crippen molar-refractivity contribution in [2.45, 2.75) is 83.5 Å². The van der Waals surface area contributed by atoms with E-state index in [1.165, 1.54) is 63.9 Å². The highest BCUT2D eigenvalue weighted by atomic mass is 16.6. The van der Waals surface area contributed by atoms with Gasteiger partial charge in [0.1, 0.15) is 12.0 Å². The van der Waals surface area contributed by atoms with Crippen LogP contribution in [-0.2, 0) is 9.53 Å². The van der Waals surface area contributed by atoms with E-state index in [0.29, 0.717) is 5.92 Å². The van der Waals surface area contributed by atoms with Gasteiger partial charge in [0.25, 0.3) is 0 Å². The van der Waals surface area contributed by atoms with Crippen LogP contribution in [-0.4, -0.2) is 62.0 Å². The number of likely N-dealkylation sites (tertiary alicyclic amines) is 2. The van der Waals surface area contributed by atoms with E-state index in [9.17, 15) is 9.90 Å². The standard InChI is InChI=1S/C25H40N2O3/c1-17-7-6-8-18-15-21-22(23(28)25(17,18)2)20(24(29)30-21)16-26-13-9-19(10-14-26)27-11-4-3-5-12-27/h8,17,19-23,28H,3-7,9-16H2,1-2H3/p+2/t17-,20+,21-,22-,23+,25-/m1/s1. The lowest BCUT2D eigenvalue weighted by atomic mass is 9.55. The van der Waals surface area contributed by atoms with Crippen molar-refractivity contribution in [3.05, 3.63) is 11.6 Å². The van der Waals surface area contributed by atoms with Crippen molar-refractivity contribution < 1.29 is 24.4 Å². The molecular weight excluding hydrogens is 376 g/mol. The fraction of sp³-hybridized carbons (Fsp3) is 0.880. The lowest BCUT2D eigenvalue weighted by molar-refractivity contribution is -0.961. The molecule has 5 nitrogen and oxygen atoms in total. The number of esters is 1. The summed E-state index contributed by atoms with van der Waals surface area (Å²) in [5, 5.41) is 11.5. The van der Waals surface area contributed by atoms with E-state index in [1.807, 2.05) is 4.90 Å². The first kappa shape index (κ1) is 21.0. The fourth-order valence-corrected chi connectivity index (χ4v) is 7.66. The van der Waals surface area contributed by atoms with Crippen LogP contribution in [0.4, 0.5) is 0 Å². The fourth-order valence-electron chi connectivity index (χ4n) is 7.66. The minimum Gasteiger partial charge on any atom is -0.461 e. The van der Waals surface area contributed by atoms with Crippen LogP contribution in [0, 0.1) is 23.2 Å². The second kappa shape index (κ2) is 8.22. The van der Waals surface area contributed by atoms with Crippen molar-refractivity contribution in [1.29, 1.82) is 0 Å². The van der Waals surface area contributed by atoms with Crippen LogP contribution in [0.25, 0.3) is 0 Å². The zero-order valence-electron chi connectivity index (χ0n) is 19.0. The van der Waals surface area contributed by atoms with E-state index in [0.717, 1.165) is 31.8 Å². The number of hydrogen-bond donors (Lipinski definition) is 3. The molecule has 30 heavy (non-hydrogen) atoms. The summed E-state index contributed by atoms with van der Waals surface area (Å²) in [4.78, 5) is 16.3. The number of aliphatic hydroxyl groups is 1. The molecule has 0 unspecified atom stereocenters. The molecule has 0 radical (unpaired) electrons. The molecule has 3 N–H and O–H groups in total. The summed E-state index contributed by atoms with van der Waals surface area (Å²) in [5.41, 5.74) is 1.15. The summed E-state index contributed by atoms with van der Waals surface area (Å²) in [6, 6.07) is 0.826. The van der Waals surface area contributed by atoms with E-state index in [1.54, 1.807) is 4.90 Å². The smallest absolute Gasteiger partial charge is 0.315 e. The summed E-state index contributed by atoms with van der Waals surface area (Å²) < 4.78 is 5.88. The van der Waals surface area contributed by atoms with Crippen LogP contribution in [0.15, 0.2) is 11.6 Å². The summed E-state index contributed by atoms with van der Waals surface area (Å²) in [5.74, 6) is 0.251.